The largest absolute Gasteiger partial charge is 0.388 e. The first-order valence-electron chi connectivity index (χ1n) is 6.35. The van der Waals surface area contributed by atoms with Gasteiger partial charge >= 0.3 is 0 Å². The fraction of sp³-hybridized carbons (Fsp3) is 0.692. The van der Waals surface area contributed by atoms with Gasteiger partial charge in [0.05, 0.1) is 5.60 Å². The van der Waals surface area contributed by atoms with Crippen molar-refractivity contribution in [3.63, 3.8) is 0 Å². The Morgan fingerprint density at radius 2 is 2.22 bits per heavy atom. The number of aromatic nitrogens is 2. The Bertz CT molecular complexity index is 423. The number of β-amino-alcohol motifs (C(OH)–C–C–N with tert-alkyl or cyclic N) is 1. The highest BCUT2D eigenvalue weighted by Gasteiger charge is 2.38. The van der Waals surface area contributed by atoms with Gasteiger partial charge in [0.2, 0.25) is 5.91 Å². The number of nitrogens with zero attached hydrogens (tertiary/aromatic N) is 3. The average molecular weight is 251 g/mol. The molecule has 0 saturated carbocycles. The van der Waals surface area contributed by atoms with E-state index in [0.29, 0.717) is 13.1 Å². The van der Waals surface area contributed by atoms with E-state index in [0.717, 1.165) is 12.8 Å². The summed E-state index contributed by atoms with van der Waals surface area (Å²) < 4.78 is 1.67. The van der Waals surface area contributed by atoms with Crippen LogP contribution in [-0.2, 0) is 10.3 Å². The average Bonchev–Trinajstić information content (AvgIpc) is 2.80. The number of carbonyl (C=O) groups is 1. The fourth-order valence-electron chi connectivity index (χ4n) is 2.48. The molecule has 2 rings (SSSR count). The molecule has 5 nitrogen and oxygen atoms in total. The van der Waals surface area contributed by atoms with Crippen molar-refractivity contribution in [2.45, 2.75) is 44.8 Å². The normalized spacial score (nSPS) is 25.2. The number of piperidine rings is 1. The third kappa shape index (κ3) is 2.41. The minimum atomic E-state index is -0.770. The van der Waals surface area contributed by atoms with Crippen molar-refractivity contribution in [2.24, 2.45) is 0 Å². The quantitative estimate of drug-likeness (QED) is 0.853. The highest BCUT2D eigenvalue weighted by Crippen LogP contribution is 2.25. The summed E-state index contributed by atoms with van der Waals surface area (Å²) in [4.78, 5) is 14.3. The molecule has 1 aromatic heterocycles. The van der Waals surface area contributed by atoms with Crippen LogP contribution >= 0.6 is 0 Å². The van der Waals surface area contributed by atoms with Crippen LogP contribution < -0.4 is 0 Å². The van der Waals surface area contributed by atoms with Gasteiger partial charge in [0, 0.05) is 25.5 Å². The highest BCUT2D eigenvalue weighted by molar-refractivity contribution is 5.83. The van der Waals surface area contributed by atoms with Gasteiger partial charge in [-0.15, -0.1) is 0 Å². The molecule has 1 aromatic rings. The summed E-state index contributed by atoms with van der Waals surface area (Å²) in [7, 11) is 0. The SMILES string of the molecule is CC1(O)CCCN(C(=O)C(C)(C)n2cccn2)C1. The van der Waals surface area contributed by atoms with Crippen LogP contribution in [0.1, 0.15) is 33.6 Å². The van der Waals surface area contributed by atoms with E-state index in [4.69, 9.17) is 0 Å². The van der Waals surface area contributed by atoms with Gasteiger partial charge in [0.15, 0.2) is 0 Å². The number of hydrogen-bond acceptors (Lipinski definition) is 3. The smallest absolute Gasteiger partial charge is 0.250 e. The summed E-state index contributed by atoms with van der Waals surface area (Å²) in [6.07, 6.45) is 5.05. The van der Waals surface area contributed by atoms with Gasteiger partial charge in [-0.1, -0.05) is 0 Å². The maximum absolute atomic E-state index is 12.6. The van der Waals surface area contributed by atoms with E-state index >= 15 is 0 Å². The molecular weight excluding hydrogens is 230 g/mol. The van der Waals surface area contributed by atoms with Crippen molar-refractivity contribution in [1.29, 1.82) is 0 Å². The molecule has 1 N–H and O–H groups in total. The highest BCUT2D eigenvalue weighted by atomic mass is 16.3. The number of amides is 1. The van der Waals surface area contributed by atoms with E-state index in [-0.39, 0.29) is 5.91 Å². The lowest BCUT2D eigenvalue weighted by molar-refractivity contribution is -0.146. The molecule has 0 bridgehead atoms. The third-order valence-electron chi connectivity index (χ3n) is 3.56. The van der Waals surface area contributed by atoms with Gasteiger partial charge in [-0.2, -0.15) is 5.10 Å². The molecule has 0 aromatic carbocycles. The van der Waals surface area contributed by atoms with Gasteiger partial charge < -0.3 is 10.0 Å². The van der Waals surface area contributed by atoms with Crippen molar-refractivity contribution < 1.29 is 9.90 Å². The van der Waals surface area contributed by atoms with E-state index in [1.165, 1.54) is 0 Å². The topological polar surface area (TPSA) is 58.4 Å². The summed E-state index contributed by atoms with van der Waals surface area (Å²) in [5.41, 5.74) is -1.48. The molecular formula is C13H21N3O2. The zero-order valence-electron chi connectivity index (χ0n) is 11.3. The Morgan fingerprint density at radius 1 is 1.50 bits per heavy atom. The van der Waals surface area contributed by atoms with E-state index in [1.807, 2.05) is 13.8 Å². The summed E-state index contributed by atoms with van der Waals surface area (Å²) in [5.74, 6) is 0.00572. The van der Waals surface area contributed by atoms with Crippen LogP contribution in [0.2, 0.25) is 0 Å². The molecule has 1 amide bonds. The number of rotatable bonds is 2. The van der Waals surface area contributed by atoms with Crippen molar-refractivity contribution in [2.75, 3.05) is 13.1 Å². The second kappa shape index (κ2) is 4.39. The molecule has 1 saturated heterocycles. The molecule has 1 aliphatic rings. The first kappa shape index (κ1) is 13.1. The summed E-state index contributed by atoms with van der Waals surface area (Å²) in [6, 6.07) is 1.81. The van der Waals surface area contributed by atoms with Gasteiger partial charge in [-0.3, -0.25) is 9.48 Å². The van der Waals surface area contributed by atoms with Gasteiger partial charge in [0.1, 0.15) is 5.54 Å². The fourth-order valence-corrected chi connectivity index (χ4v) is 2.48. The van der Waals surface area contributed by atoms with Crippen molar-refractivity contribution in [3.8, 4) is 0 Å². The van der Waals surface area contributed by atoms with Crippen LogP contribution in [0.25, 0.3) is 0 Å². The lowest BCUT2D eigenvalue weighted by Gasteiger charge is -2.40. The van der Waals surface area contributed by atoms with Crippen LogP contribution in [0, 0.1) is 0 Å². The molecule has 0 radical (unpaired) electrons. The lowest BCUT2D eigenvalue weighted by atomic mass is 9.93. The Balaban J connectivity index is 2.16. The van der Waals surface area contributed by atoms with E-state index in [1.54, 1.807) is 35.0 Å². The van der Waals surface area contributed by atoms with E-state index in [2.05, 4.69) is 5.10 Å². The molecule has 18 heavy (non-hydrogen) atoms. The number of hydrogen-bond donors (Lipinski definition) is 1. The summed E-state index contributed by atoms with van der Waals surface area (Å²) >= 11 is 0. The zero-order valence-corrected chi connectivity index (χ0v) is 11.3. The summed E-state index contributed by atoms with van der Waals surface area (Å²) in [5, 5.41) is 14.2. The van der Waals surface area contributed by atoms with Crippen LogP contribution in [0.15, 0.2) is 18.5 Å². The molecule has 5 heteroatoms. The maximum atomic E-state index is 12.6. The number of aliphatic hydroxyl groups is 1. The van der Waals surface area contributed by atoms with Crippen LogP contribution in [0.4, 0.5) is 0 Å². The van der Waals surface area contributed by atoms with Crippen LogP contribution in [-0.4, -0.2) is 44.4 Å². The first-order chi connectivity index (χ1) is 8.33. The van der Waals surface area contributed by atoms with Gasteiger partial charge in [-0.05, 0) is 39.7 Å². The predicted octanol–water partition coefficient (Wildman–Crippen LogP) is 0.992. The van der Waals surface area contributed by atoms with E-state index < -0.39 is 11.1 Å². The van der Waals surface area contributed by atoms with Crippen molar-refractivity contribution >= 4 is 5.91 Å². The van der Waals surface area contributed by atoms with Crippen molar-refractivity contribution in [1.82, 2.24) is 14.7 Å². The number of likely N-dealkylation sites (tertiary alicyclic amines) is 1. The molecule has 2 heterocycles. The predicted molar refractivity (Wildman–Crippen MR) is 68.0 cm³/mol. The second-order valence-electron chi connectivity index (χ2n) is 5.84. The Labute approximate surface area is 107 Å². The first-order valence-corrected chi connectivity index (χ1v) is 6.35. The van der Waals surface area contributed by atoms with Crippen LogP contribution in [0.5, 0.6) is 0 Å². The Kier molecular flexibility index (Phi) is 3.19. The Morgan fingerprint density at radius 3 is 2.78 bits per heavy atom. The standard InChI is InChI=1S/C13H21N3O2/c1-12(2,16-9-5-7-14-16)11(17)15-8-4-6-13(3,18)10-15/h5,7,9,18H,4,6,8,10H2,1-3H3. The minimum Gasteiger partial charge on any atom is -0.388 e. The second-order valence-corrected chi connectivity index (χ2v) is 5.84. The molecule has 1 unspecified atom stereocenters. The summed E-state index contributed by atoms with van der Waals surface area (Å²) in [6.45, 7) is 6.60. The van der Waals surface area contributed by atoms with Crippen molar-refractivity contribution in [3.05, 3.63) is 18.5 Å². The molecule has 0 aliphatic carbocycles. The molecule has 1 atom stereocenters. The van der Waals surface area contributed by atoms with Gasteiger partial charge in [0.25, 0.3) is 0 Å². The monoisotopic (exact) mass is 251 g/mol. The molecule has 0 spiro atoms. The van der Waals surface area contributed by atoms with Gasteiger partial charge in [-0.25, -0.2) is 0 Å². The molecule has 100 valence electrons. The molecule has 1 fully saturated rings. The maximum Gasteiger partial charge on any atom is 0.250 e. The Hall–Kier alpha value is -1.36. The zero-order chi connectivity index (χ0) is 13.4. The lowest BCUT2D eigenvalue weighted by Crippen LogP contribution is -2.54. The third-order valence-corrected chi connectivity index (χ3v) is 3.56. The minimum absolute atomic E-state index is 0.00572. The van der Waals surface area contributed by atoms with E-state index in [9.17, 15) is 9.90 Å². The van der Waals surface area contributed by atoms with Crippen LogP contribution in [0.3, 0.4) is 0 Å². The molecule has 1 aliphatic heterocycles. The number of carbonyl (C=O) groups excluding carboxylic acids is 1.